The number of hydrogen-bond acceptors (Lipinski definition) is 3. The third kappa shape index (κ3) is 4.06. The van der Waals surface area contributed by atoms with E-state index >= 15 is 0 Å². The van der Waals surface area contributed by atoms with Crippen LogP contribution >= 0.6 is 11.3 Å². The van der Waals surface area contributed by atoms with Crippen molar-refractivity contribution in [1.29, 1.82) is 0 Å². The van der Waals surface area contributed by atoms with E-state index in [1.165, 1.54) is 11.3 Å². The lowest BCUT2D eigenvalue weighted by Crippen LogP contribution is -2.16. The molecule has 14 heavy (non-hydrogen) atoms. The molecule has 0 aliphatic rings. The number of aromatic nitrogens is 1. The molecule has 80 valence electrons. The predicted octanol–water partition coefficient (Wildman–Crippen LogP) is 2.78. The van der Waals surface area contributed by atoms with Gasteiger partial charge >= 0.3 is 6.18 Å². The Bertz CT molecular complexity index is 284. The van der Waals surface area contributed by atoms with Crippen LogP contribution in [0, 0.1) is 0 Å². The smallest absolute Gasteiger partial charge is 0.365 e. The fraction of sp³-hybridized carbons (Fsp3) is 0.625. The van der Waals surface area contributed by atoms with Crippen LogP contribution in [-0.4, -0.2) is 17.8 Å². The Labute approximate surface area is 83.7 Å². The minimum Gasteiger partial charge on any atom is -0.365 e. The molecular weight excluding hydrogens is 215 g/mol. The van der Waals surface area contributed by atoms with Gasteiger partial charge in [-0.25, -0.2) is 4.98 Å². The van der Waals surface area contributed by atoms with Crippen LogP contribution in [0.25, 0.3) is 0 Å². The van der Waals surface area contributed by atoms with Gasteiger partial charge in [0.2, 0.25) is 0 Å². The number of halogens is 3. The van der Waals surface area contributed by atoms with Crippen molar-refractivity contribution in [3.63, 3.8) is 0 Å². The standard InChI is InChI=1S/C8H10F3NOS/c1-2-6-4-14-7(12-6)3-13-5-8(9,10)11/h4H,2-3,5H2,1H3. The molecule has 0 spiro atoms. The molecule has 0 bridgehead atoms. The van der Waals surface area contributed by atoms with Gasteiger partial charge in [0.15, 0.2) is 0 Å². The maximum absolute atomic E-state index is 11.7. The second-order valence-corrected chi connectivity index (χ2v) is 3.64. The lowest BCUT2D eigenvalue weighted by Gasteiger charge is -2.05. The fourth-order valence-corrected chi connectivity index (χ4v) is 1.64. The van der Waals surface area contributed by atoms with E-state index in [2.05, 4.69) is 9.72 Å². The van der Waals surface area contributed by atoms with Gasteiger partial charge in [-0.15, -0.1) is 11.3 Å². The van der Waals surface area contributed by atoms with E-state index in [0.29, 0.717) is 5.01 Å². The SMILES string of the molecule is CCc1csc(COCC(F)(F)F)n1. The number of aryl methyl sites for hydroxylation is 1. The first-order valence-corrected chi connectivity index (χ1v) is 4.97. The molecule has 0 amide bonds. The molecule has 1 heterocycles. The van der Waals surface area contributed by atoms with Crippen molar-refractivity contribution in [3.05, 3.63) is 16.1 Å². The highest BCUT2D eigenvalue weighted by atomic mass is 32.1. The number of alkyl halides is 3. The first-order chi connectivity index (χ1) is 6.51. The summed E-state index contributed by atoms with van der Waals surface area (Å²) in [7, 11) is 0. The zero-order chi connectivity index (χ0) is 10.6. The molecule has 1 aromatic heterocycles. The Balaban J connectivity index is 2.31. The minimum absolute atomic E-state index is 0.0653. The molecule has 0 aromatic carbocycles. The maximum atomic E-state index is 11.7. The van der Waals surface area contributed by atoms with Crippen LogP contribution in [0.4, 0.5) is 13.2 Å². The van der Waals surface area contributed by atoms with Gasteiger partial charge in [-0.2, -0.15) is 13.2 Å². The highest BCUT2D eigenvalue weighted by Gasteiger charge is 2.27. The van der Waals surface area contributed by atoms with Gasteiger partial charge in [-0.05, 0) is 6.42 Å². The maximum Gasteiger partial charge on any atom is 0.411 e. The molecule has 0 fully saturated rings. The van der Waals surface area contributed by atoms with Crippen molar-refractivity contribution in [2.45, 2.75) is 26.1 Å². The van der Waals surface area contributed by atoms with Crippen molar-refractivity contribution in [3.8, 4) is 0 Å². The van der Waals surface area contributed by atoms with E-state index in [-0.39, 0.29) is 6.61 Å². The summed E-state index contributed by atoms with van der Waals surface area (Å²) in [6.45, 7) is 0.660. The van der Waals surface area contributed by atoms with E-state index < -0.39 is 12.8 Å². The highest BCUT2D eigenvalue weighted by Crippen LogP contribution is 2.17. The summed E-state index contributed by atoms with van der Waals surface area (Å²) in [6, 6.07) is 0. The highest BCUT2D eigenvalue weighted by molar-refractivity contribution is 7.09. The molecule has 6 heteroatoms. The summed E-state index contributed by atoms with van der Waals surface area (Å²) in [4.78, 5) is 4.07. The zero-order valence-corrected chi connectivity index (χ0v) is 8.41. The summed E-state index contributed by atoms with van der Waals surface area (Å²) in [6.07, 6.45) is -3.47. The summed E-state index contributed by atoms with van der Waals surface area (Å²) in [5.41, 5.74) is 0.889. The lowest BCUT2D eigenvalue weighted by atomic mass is 10.4. The van der Waals surface area contributed by atoms with Crippen molar-refractivity contribution in [1.82, 2.24) is 4.98 Å². The second-order valence-electron chi connectivity index (χ2n) is 2.69. The number of hydrogen-bond donors (Lipinski definition) is 0. The number of thiazole rings is 1. The average molecular weight is 225 g/mol. The molecule has 0 N–H and O–H groups in total. The normalized spacial score (nSPS) is 12.0. The van der Waals surface area contributed by atoms with Crippen molar-refractivity contribution in [2.75, 3.05) is 6.61 Å². The monoisotopic (exact) mass is 225 g/mol. The molecule has 0 unspecified atom stereocenters. The van der Waals surface area contributed by atoms with Crippen molar-refractivity contribution < 1.29 is 17.9 Å². The Hall–Kier alpha value is -0.620. The van der Waals surface area contributed by atoms with E-state index in [1.807, 2.05) is 12.3 Å². The molecular formula is C8H10F3NOS. The van der Waals surface area contributed by atoms with Gasteiger partial charge in [-0.1, -0.05) is 6.92 Å². The largest absolute Gasteiger partial charge is 0.411 e. The van der Waals surface area contributed by atoms with Crippen LogP contribution in [0.3, 0.4) is 0 Å². The molecule has 0 radical (unpaired) electrons. The van der Waals surface area contributed by atoms with E-state index in [1.54, 1.807) is 0 Å². The molecule has 2 nitrogen and oxygen atoms in total. The van der Waals surface area contributed by atoms with Gasteiger partial charge < -0.3 is 4.74 Å². The van der Waals surface area contributed by atoms with E-state index in [0.717, 1.165) is 12.1 Å². The van der Waals surface area contributed by atoms with E-state index in [4.69, 9.17) is 0 Å². The third-order valence-corrected chi connectivity index (χ3v) is 2.32. The lowest BCUT2D eigenvalue weighted by molar-refractivity contribution is -0.176. The molecule has 0 saturated carbocycles. The Morgan fingerprint density at radius 3 is 2.71 bits per heavy atom. The fourth-order valence-electron chi connectivity index (χ4n) is 0.832. The number of ether oxygens (including phenoxy) is 1. The number of nitrogens with zero attached hydrogens (tertiary/aromatic N) is 1. The summed E-state index contributed by atoms with van der Waals surface area (Å²) in [5, 5.41) is 2.41. The average Bonchev–Trinajstić information content (AvgIpc) is 2.50. The van der Waals surface area contributed by atoms with Gasteiger partial charge in [-0.3, -0.25) is 0 Å². The van der Waals surface area contributed by atoms with Crippen LogP contribution in [0.2, 0.25) is 0 Å². The molecule has 1 rings (SSSR count). The summed E-state index contributed by atoms with van der Waals surface area (Å²) >= 11 is 1.32. The van der Waals surface area contributed by atoms with Crippen LogP contribution in [0.15, 0.2) is 5.38 Å². The third-order valence-electron chi connectivity index (χ3n) is 1.45. The van der Waals surface area contributed by atoms with Crippen LogP contribution < -0.4 is 0 Å². The quantitative estimate of drug-likeness (QED) is 0.786. The molecule has 1 aromatic rings. The number of rotatable bonds is 4. The first-order valence-electron chi connectivity index (χ1n) is 4.09. The van der Waals surface area contributed by atoms with Gasteiger partial charge in [0, 0.05) is 5.38 Å². The zero-order valence-electron chi connectivity index (χ0n) is 7.60. The summed E-state index contributed by atoms with van der Waals surface area (Å²) in [5.74, 6) is 0. The first kappa shape index (κ1) is 11.5. The van der Waals surface area contributed by atoms with Crippen LogP contribution in [0.1, 0.15) is 17.6 Å². The van der Waals surface area contributed by atoms with Crippen molar-refractivity contribution >= 4 is 11.3 Å². The Kier molecular flexibility index (Phi) is 3.88. The molecule has 0 aliphatic carbocycles. The van der Waals surface area contributed by atoms with Crippen LogP contribution in [0.5, 0.6) is 0 Å². The Morgan fingerprint density at radius 2 is 2.21 bits per heavy atom. The second kappa shape index (κ2) is 4.75. The van der Waals surface area contributed by atoms with E-state index in [9.17, 15) is 13.2 Å². The molecule has 0 saturated heterocycles. The Morgan fingerprint density at radius 1 is 1.50 bits per heavy atom. The van der Waals surface area contributed by atoms with Gasteiger partial charge in [0.1, 0.15) is 11.6 Å². The molecule has 0 atom stereocenters. The van der Waals surface area contributed by atoms with Gasteiger partial charge in [0.05, 0.1) is 12.3 Å². The topological polar surface area (TPSA) is 22.1 Å². The van der Waals surface area contributed by atoms with Crippen LogP contribution in [-0.2, 0) is 17.8 Å². The summed E-state index contributed by atoms with van der Waals surface area (Å²) < 4.78 is 39.5. The minimum atomic E-state index is -4.26. The van der Waals surface area contributed by atoms with Gasteiger partial charge in [0.25, 0.3) is 0 Å². The predicted molar refractivity (Wildman–Crippen MR) is 47.2 cm³/mol. The molecule has 0 aliphatic heterocycles. The van der Waals surface area contributed by atoms with Crippen molar-refractivity contribution in [2.24, 2.45) is 0 Å².